The van der Waals surface area contributed by atoms with Gasteiger partial charge in [-0.25, -0.2) is 0 Å². The van der Waals surface area contributed by atoms with Crippen LogP contribution in [0.1, 0.15) is 64.7 Å². The highest BCUT2D eigenvalue weighted by atomic mass is 16.5. The Kier molecular flexibility index (Phi) is 2.99. The molecule has 3 fully saturated rings. The zero-order chi connectivity index (χ0) is 11.9. The number of hydrogen-bond acceptors (Lipinski definition) is 2. The van der Waals surface area contributed by atoms with Gasteiger partial charge in [-0.05, 0) is 49.9 Å². The Bertz CT molecular complexity index is 273. The van der Waals surface area contributed by atoms with Crippen LogP contribution in [0.4, 0.5) is 0 Å². The van der Waals surface area contributed by atoms with E-state index in [2.05, 4.69) is 6.92 Å². The van der Waals surface area contributed by atoms with Crippen molar-refractivity contribution in [1.29, 1.82) is 0 Å². The van der Waals surface area contributed by atoms with Crippen molar-refractivity contribution < 1.29 is 4.74 Å². The molecule has 2 unspecified atom stereocenters. The van der Waals surface area contributed by atoms with Crippen molar-refractivity contribution in [2.24, 2.45) is 17.1 Å². The molecule has 0 radical (unpaired) electrons. The molecule has 0 aromatic heterocycles. The third-order valence-corrected chi connectivity index (χ3v) is 5.65. The van der Waals surface area contributed by atoms with Crippen LogP contribution >= 0.6 is 0 Å². The summed E-state index contributed by atoms with van der Waals surface area (Å²) in [6.07, 6.45) is 11.8. The van der Waals surface area contributed by atoms with Crippen LogP contribution in [0.25, 0.3) is 0 Å². The zero-order valence-electron chi connectivity index (χ0n) is 11.2. The van der Waals surface area contributed by atoms with E-state index in [1.165, 1.54) is 57.8 Å². The minimum absolute atomic E-state index is 0.226. The van der Waals surface area contributed by atoms with Gasteiger partial charge < -0.3 is 10.5 Å². The monoisotopic (exact) mass is 237 g/mol. The molecule has 2 heteroatoms. The zero-order valence-corrected chi connectivity index (χ0v) is 11.2. The Labute approximate surface area is 105 Å². The molecule has 17 heavy (non-hydrogen) atoms. The van der Waals surface area contributed by atoms with Gasteiger partial charge in [0.1, 0.15) is 0 Å². The van der Waals surface area contributed by atoms with Gasteiger partial charge in [0.05, 0.1) is 5.60 Å². The van der Waals surface area contributed by atoms with E-state index in [1.54, 1.807) is 0 Å². The van der Waals surface area contributed by atoms with Gasteiger partial charge >= 0.3 is 0 Å². The maximum absolute atomic E-state index is 6.52. The van der Waals surface area contributed by atoms with Crippen molar-refractivity contribution in [3.05, 3.63) is 0 Å². The van der Waals surface area contributed by atoms with Crippen LogP contribution in [-0.4, -0.2) is 18.2 Å². The smallest absolute Gasteiger partial charge is 0.0685 e. The van der Waals surface area contributed by atoms with Crippen molar-refractivity contribution in [1.82, 2.24) is 0 Å². The molecule has 1 spiro atoms. The van der Waals surface area contributed by atoms with Crippen molar-refractivity contribution in [3.63, 3.8) is 0 Å². The van der Waals surface area contributed by atoms with Gasteiger partial charge in [0, 0.05) is 12.6 Å². The molecule has 0 amide bonds. The topological polar surface area (TPSA) is 35.2 Å². The lowest BCUT2D eigenvalue weighted by molar-refractivity contribution is -0.122. The fraction of sp³-hybridized carbons (Fsp3) is 1.00. The summed E-state index contributed by atoms with van der Waals surface area (Å²) in [6, 6.07) is 0.421. The lowest BCUT2D eigenvalue weighted by Gasteiger charge is -2.46. The summed E-state index contributed by atoms with van der Waals surface area (Å²) in [4.78, 5) is 0. The molecule has 2 saturated carbocycles. The molecule has 2 aliphatic carbocycles. The van der Waals surface area contributed by atoms with Crippen molar-refractivity contribution >= 4 is 0 Å². The Balaban J connectivity index is 1.66. The molecule has 0 bridgehead atoms. The highest BCUT2D eigenvalue weighted by Crippen LogP contribution is 2.52. The van der Waals surface area contributed by atoms with E-state index in [9.17, 15) is 0 Å². The van der Waals surface area contributed by atoms with E-state index < -0.39 is 0 Å². The molecular weight excluding hydrogens is 210 g/mol. The van der Waals surface area contributed by atoms with Crippen LogP contribution in [0.15, 0.2) is 0 Å². The van der Waals surface area contributed by atoms with Gasteiger partial charge in [-0.15, -0.1) is 0 Å². The highest BCUT2D eigenvalue weighted by molar-refractivity contribution is 5.03. The number of rotatable bonds is 2. The average molecular weight is 237 g/mol. The molecule has 0 aromatic rings. The van der Waals surface area contributed by atoms with Crippen LogP contribution in [0.3, 0.4) is 0 Å². The second-order valence-corrected chi connectivity index (χ2v) is 7.02. The van der Waals surface area contributed by atoms with Gasteiger partial charge in [0.15, 0.2) is 0 Å². The fourth-order valence-corrected chi connectivity index (χ4v) is 4.02. The van der Waals surface area contributed by atoms with E-state index in [4.69, 9.17) is 10.5 Å². The van der Waals surface area contributed by atoms with E-state index in [0.717, 1.165) is 6.61 Å². The second kappa shape index (κ2) is 4.24. The Morgan fingerprint density at radius 1 is 1.12 bits per heavy atom. The summed E-state index contributed by atoms with van der Waals surface area (Å²) in [5.41, 5.74) is 7.22. The largest absolute Gasteiger partial charge is 0.375 e. The summed E-state index contributed by atoms with van der Waals surface area (Å²) >= 11 is 0. The third kappa shape index (κ3) is 2.26. The van der Waals surface area contributed by atoms with Crippen molar-refractivity contribution in [2.75, 3.05) is 6.61 Å². The van der Waals surface area contributed by atoms with E-state index in [1.807, 2.05) is 0 Å². The minimum atomic E-state index is 0.226. The molecule has 2 N–H and O–H groups in total. The lowest BCUT2D eigenvalue weighted by atomic mass is 9.72. The summed E-state index contributed by atoms with van der Waals surface area (Å²) in [5.74, 6) is 0.717. The lowest BCUT2D eigenvalue weighted by Crippen LogP contribution is -2.48. The SMILES string of the molecule is CC1(C(N)C2CCOC3(CCCCC3)C2)CC1. The number of ether oxygens (including phenoxy) is 1. The molecule has 98 valence electrons. The second-order valence-electron chi connectivity index (χ2n) is 7.02. The summed E-state index contributed by atoms with van der Waals surface area (Å²) in [5, 5.41) is 0. The van der Waals surface area contributed by atoms with Crippen molar-refractivity contribution in [3.8, 4) is 0 Å². The van der Waals surface area contributed by atoms with Crippen LogP contribution in [0.5, 0.6) is 0 Å². The number of nitrogens with two attached hydrogens (primary N) is 1. The van der Waals surface area contributed by atoms with Crippen molar-refractivity contribution in [2.45, 2.75) is 76.4 Å². The molecule has 1 heterocycles. The minimum Gasteiger partial charge on any atom is -0.375 e. The molecule has 3 rings (SSSR count). The predicted octanol–water partition coefficient (Wildman–Crippen LogP) is 3.24. The van der Waals surface area contributed by atoms with Crippen LogP contribution in [0.2, 0.25) is 0 Å². The Hall–Kier alpha value is -0.0800. The quantitative estimate of drug-likeness (QED) is 0.800. The molecule has 3 aliphatic rings. The standard InChI is InChI=1S/C15H27NO/c1-14(8-9-14)13(16)12-5-10-17-15(11-12)6-3-2-4-7-15/h12-13H,2-11,16H2,1H3. The van der Waals surface area contributed by atoms with E-state index >= 15 is 0 Å². The molecule has 2 atom stereocenters. The van der Waals surface area contributed by atoms with Gasteiger partial charge in [0.25, 0.3) is 0 Å². The maximum atomic E-state index is 6.52. The summed E-state index contributed by atoms with van der Waals surface area (Å²) in [7, 11) is 0. The Morgan fingerprint density at radius 2 is 1.82 bits per heavy atom. The first-order chi connectivity index (χ1) is 8.14. The Morgan fingerprint density at radius 3 is 2.47 bits per heavy atom. The molecule has 1 aliphatic heterocycles. The first-order valence-electron chi connectivity index (χ1n) is 7.53. The van der Waals surface area contributed by atoms with Crippen LogP contribution in [0, 0.1) is 11.3 Å². The highest BCUT2D eigenvalue weighted by Gasteiger charge is 2.49. The molecule has 2 nitrogen and oxygen atoms in total. The van der Waals surface area contributed by atoms with Gasteiger partial charge in [-0.2, -0.15) is 0 Å². The number of hydrogen-bond donors (Lipinski definition) is 1. The van der Waals surface area contributed by atoms with Gasteiger partial charge in [0.2, 0.25) is 0 Å². The van der Waals surface area contributed by atoms with Gasteiger partial charge in [-0.1, -0.05) is 26.2 Å². The van der Waals surface area contributed by atoms with Crippen LogP contribution < -0.4 is 5.73 Å². The fourth-order valence-electron chi connectivity index (χ4n) is 4.02. The average Bonchev–Trinajstić information content (AvgIpc) is 3.09. The maximum Gasteiger partial charge on any atom is 0.0685 e. The summed E-state index contributed by atoms with van der Waals surface area (Å²) in [6.45, 7) is 3.33. The first-order valence-corrected chi connectivity index (χ1v) is 7.53. The molecular formula is C15H27NO. The van der Waals surface area contributed by atoms with E-state index in [0.29, 0.717) is 17.4 Å². The third-order valence-electron chi connectivity index (χ3n) is 5.65. The van der Waals surface area contributed by atoms with E-state index in [-0.39, 0.29) is 5.60 Å². The van der Waals surface area contributed by atoms with Gasteiger partial charge in [-0.3, -0.25) is 0 Å². The molecule has 0 aromatic carbocycles. The van der Waals surface area contributed by atoms with Crippen LogP contribution in [-0.2, 0) is 4.74 Å². The predicted molar refractivity (Wildman–Crippen MR) is 69.8 cm³/mol. The molecule has 1 saturated heterocycles. The normalized spacial score (nSPS) is 36.7. The summed E-state index contributed by atoms with van der Waals surface area (Å²) < 4.78 is 6.16. The first kappa shape index (κ1) is 12.0.